The Morgan fingerprint density at radius 2 is 1.89 bits per heavy atom. The van der Waals surface area contributed by atoms with Gasteiger partial charge in [-0.05, 0) is 60.4 Å². The molecule has 0 fully saturated rings. The summed E-state index contributed by atoms with van der Waals surface area (Å²) in [6.45, 7) is 6.67. The number of hydrogen-bond donors (Lipinski definition) is 2. The number of thiophene rings is 1. The number of nitrogens with one attached hydrogen (secondary N) is 1. The normalized spacial score (nSPS) is 16.5. The number of carbonyl (C=O) groups is 2. The van der Waals surface area contributed by atoms with Gasteiger partial charge in [-0.25, -0.2) is 4.79 Å². The zero-order chi connectivity index (χ0) is 19.8. The van der Waals surface area contributed by atoms with Crippen LogP contribution in [0.4, 0.5) is 5.00 Å². The fourth-order valence-corrected chi connectivity index (χ4v) is 4.87. The van der Waals surface area contributed by atoms with Gasteiger partial charge >= 0.3 is 5.97 Å². The molecule has 144 valence electrons. The summed E-state index contributed by atoms with van der Waals surface area (Å²) in [6, 6.07) is 6.75. The maximum Gasteiger partial charge on any atom is 0.339 e. The fourth-order valence-electron chi connectivity index (χ4n) is 3.56. The van der Waals surface area contributed by atoms with Crippen LogP contribution in [0.5, 0.6) is 5.75 Å². The highest BCUT2D eigenvalue weighted by Crippen LogP contribution is 2.44. The largest absolute Gasteiger partial charge is 0.497 e. The molecular weight excluding hydrogens is 362 g/mol. The van der Waals surface area contributed by atoms with Gasteiger partial charge in [0.25, 0.3) is 5.91 Å². The third-order valence-electron chi connectivity index (χ3n) is 5.28. The van der Waals surface area contributed by atoms with Crippen LogP contribution in [-0.2, 0) is 12.8 Å². The third kappa shape index (κ3) is 4.00. The number of carbonyl (C=O) groups excluding carboxylic acids is 1. The summed E-state index contributed by atoms with van der Waals surface area (Å²) < 4.78 is 5.10. The predicted molar refractivity (Wildman–Crippen MR) is 107 cm³/mol. The van der Waals surface area contributed by atoms with Gasteiger partial charge in [-0.1, -0.05) is 20.8 Å². The van der Waals surface area contributed by atoms with E-state index in [4.69, 9.17) is 4.74 Å². The average Bonchev–Trinajstić information content (AvgIpc) is 2.98. The highest BCUT2D eigenvalue weighted by molar-refractivity contribution is 7.17. The molecule has 27 heavy (non-hydrogen) atoms. The lowest BCUT2D eigenvalue weighted by Crippen LogP contribution is -2.26. The van der Waals surface area contributed by atoms with Crippen LogP contribution in [0.1, 0.15) is 58.3 Å². The molecule has 1 heterocycles. The molecule has 1 aliphatic carbocycles. The van der Waals surface area contributed by atoms with Crippen molar-refractivity contribution in [2.45, 2.75) is 40.0 Å². The molecule has 2 aromatic rings. The Labute approximate surface area is 163 Å². The molecule has 1 aromatic carbocycles. The quantitative estimate of drug-likeness (QED) is 0.786. The first-order valence-electron chi connectivity index (χ1n) is 9.04. The first-order valence-corrected chi connectivity index (χ1v) is 9.85. The minimum Gasteiger partial charge on any atom is -0.497 e. The number of methoxy groups -OCH3 is 1. The lowest BCUT2D eigenvalue weighted by Gasteiger charge is -2.33. The number of ether oxygens (including phenoxy) is 1. The van der Waals surface area contributed by atoms with Gasteiger partial charge in [0.05, 0.1) is 12.7 Å². The summed E-state index contributed by atoms with van der Waals surface area (Å²) in [7, 11) is 1.56. The number of rotatable bonds is 4. The van der Waals surface area contributed by atoms with Crippen molar-refractivity contribution < 1.29 is 19.4 Å². The number of amides is 1. The Hall–Kier alpha value is -2.34. The number of benzene rings is 1. The van der Waals surface area contributed by atoms with E-state index in [0.717, 1.165) is 29.7 Å². The third-order valence-corrected chi connectivity index (χ3v) is 6.45. The molecule has 0 saturated heterocycles. The van der Waals surface area contributed by atoms with Crippen molar-refractivity contribution in [3.63, 3.8) is 0 Å². The molecule has 0 saturated carbocycles. The van der Waals surface area contributed by atoms with Crippen molar-refractivity contribution in [3.05, 3.63) is 45.8 Å². The van der Waals surface area contributed by atoms with Gasteiger partial charge in [0.1, 0.15) is 10.8 Å². The molecule has 5 nitrogen and oxygen atoms in total. The first-order chi connectivity index (χ1) is 12.7. The average molecular weight is 388 g/mol. The number of carboxylic acid groups (broad SMARTS) is 1. The predicted octanol–water partition coefficient (Wildman–Crippen LogP) is 4.86. The van der Waals surface area contributed by atoms with E-state index >= 15 is 0 Å². The van der Waals surface area contributed by atoms with Crippen molar-refractivity contribution in [2.24, 2.45) is 11.3 Å². The summed E-state index contributed by atoms with van der Waals surface area (Å²) in [4.78, 5) is 25.5. The van der Waals surface area contributed by atoms with Crippen LogP contribution >= 0.6 is 11.3 Å². The second-order valence-electron chi connectivity index (χ2n) is 8.00. The van der Waals surface area contributed by atoms with Crippen molar-refractivity contribution in [1.82, 2.24) is 0 Å². The van der Waals surface area contributed by atoms with Gasteiger partial charge in [-0.15, -0.1) is 11.3 Å². The van der Waals surface area contributed by atoms with E-state index in [1.807, 2.05) is 0 Å². The molecule has 0 spiro atoms. The molecule has 2 N–H and O–H groups in total. The Morgan fingerprint density at radius 1 is 1.22 bits per heavy atom. The van der Waals surface area contributed by atoms with Gasteiger partial charge in [0, 0.05) is 10.4 Å². The summed E-state index contributed by atoms with van der Waals surface area (Å²) in [5.41, 5.74) is 1.78. The van der Waals surface area contributed by atoms with Crippen molar-refractivity contribution in [3.8, 4) is 5.75 Å². The molecule has 3 rings (SSSR count). The van der Waals surface area contributed by atoms with Crippen LogP contribution in [0.2, 0.25) is 0 Å². The highest BCUT2D eigenvalue weighted by Gasteiger charge is 2.34. The van der Waals surface area contributed by atoms with E-state index in [1.165, 1.54) is 11.3 Å². The van der Waals surface area contributed by atoms with Crippen LogP contribution in [-0.4, -0.2) is 24.1 Å². The molecular formula is C21H25NO4S. The molecule has 0 radical (unpaired) electrons. The Balaban J connectivity index is 1.88. The van der Waals surface area contributed by atoms with E-state index in [2.05, 4.69) is 26.1 Å². The van der Waals surface area contributed by atoms with Gasteiger partial charge < -0.3 is 15.2 Å². The molecule has 1 aliphatic rings. The van der Waals surface area contributed by atoms with Gasteiger partial charge in [0.15, 0.2) is 0 Å². The Kier molecular flexibility index (Phi) is 5.29. The summed E-state index contributed by atoms with van der Waals surface area (Å²) in [6.07, 6.45) is 2.58. The molecule has 1 atom stereocenters. The second kappa shape index (κ2) is 7.35. The second-order valence-corrected chi connectivity index (χ2v) is 9.11. The van der Waals surface area contributed by atoms with E-state index in [9.17, 15) is 14.7 Å². The summed E-state index contributed by atoms with van der Waals surface area (Å²) in [5.74, 6) is -0.120. The molecule has 1 unspecified atom stereocenters. The van der Waals surface area contributed by atoms with Crippen LogP contribution < -0.4 is 10.1 Å². The maximum absolute atomic E-state index is 12.6. The molecule has 6 heteroatoms. The topological polar surface area (TPSA) is 75.6 Å². The van der Waals surface area contributed by atoms with E-state index in [1.54, 1.807) is 31.4 Å². The van der Waals surface area contributed by atoms with E-state index in [0.29, 0.717) is 22.2 Å². The van der Waals surface area contributed by atoms with Gasteiger partial charge in [-0.2, -0.15) is 0 Å². The Morgan fingerprint density at radius 3 is 2.44 bits per heavy atom. The van der Waals surface area contributed by atoms with E-state index < -0.39 is 5.97 Å². The van der Waals surface area contributed by atoms with Crippen LogP contribution in [0, 0.1) is 11.3 Å². The molecule has 1 amide bonds. The van der Waals surface area contributed by atoms with Crippen LogP contribution in [0.3, 0.4) is 0 Å². The molecule has 0 bridgehead atoms. The number of hydrogen-bond acceptors (Lipinski definition) is 4. The number of aromatic carboxylic acids is 1. The number of carboxylic acids is 1. The van der Waals surface area contributed by atoms with Gasteiger partial charge in [0.2, 0.25) is 0 Å². The summed E-state index contributed by atoms with van der Waals surface area (Å²) in [5, 5.41) is 13.0. The van der Waals surface area contributed by atoms with Crippen molar-refractivity contribution in [2.75, 3.05) is 12.4 Å². The molecule has 0 aliphatic heterocycles. The monoisotopic (exact) mass is 387 g/mol. The summed E-state index contributed by atoms with van der Waals surface area (Å²) >= 11 is 1.40. The van der Waals surface area contributed by atoms with Crippen LogP contribution in [0.25, 0.3) is 0 Å². The first kappa shape index (κ1) is 19.4. The van der Waals surface area contributed by atoms with Crippen molar-refractivity contribution in [1.29, 1.82) is 0 Å². The van der Waals surface area contributed by atoms with Crippen molar-refractivity contribution >= 4 is 28.2 Å². The minimum absolute atomic E-state index is 0.178. The zero-order valence-corrected chi connectivity index (χ0v) is 16.9. The van der Waals surface area contributed by atoms with Gasteiger partial charge in [-0.3, -0.25) is 4.79 Å². The lowest BCUT2D eigenvalue weighted by molar-refractivity contribution is 0.0696. The number of fused-ring (bicyclic) bond motifs is 1. The highest BCUT2D eigenvalue weighted by atomic mass is 32.1. The lowest BCUT2D eigenvalue weighted by atomic mass is 9.72. The number of anilines is 1. The fraction of sp³-hybridized carbons (Fsp3) is 0.429. The molecule has 1 aromatic heterocycles. The van der Waals surface area contributed by atoms with Crippen LogP contribution in [0.15, 0.2) is 24.3 Å². The SMILES string of the molecule is COc1ccc(C(=O)Nc2sc3c(c2C(=O)O)CCC(C(C)(C)C)C3)cc1. The zero-order valence-electron chi connectivity index (χ0n) is 16.1. The minimum atomic E-state index is -0.980. The van der Waals surface area contributed by atoms with E-state index in [-0.39, 0.29) is 16.9 Å². The standard InChI is InChI=1S/C21H25NO4S/c1-21(2,3)13-7-10-15-16(11-13)27-19(17(15)20(24)25)22-18(23)12-5-8-14(26-4)9-6-12/h5-6,8-9,13H,7,10-11H2,1-4H3,(H,22,23)(H,24,25). The maximum atomic E-state index is 12.6. The Bertz CT molecular complexity index is 862. The smallest absolute Gasteiger partial charge is 0.339 e.